The third-order valence-electron chi connectivity index (χ3n) is 2.90. The fourth-order valence-corrected chi connectivity index (χ4v) is 1.90. The van der Waals surface area contributed by atoms with Crippen molar-refractivity contribution in [3.8, 4) is 0 Å². The number of hydrazine groups is 1. The minimum atomic E-state index is -0.515. The van der Waals surface area contributed by atoms with Crippen molar-refractivity contribution in [1.82, 2.24) is 10.4 Å². The first-order chi connectivity index (χ1) is 8.65. The first-order valence-corrected chi connectivity index (χ1v) is 5.55. The molecule has 0 aliphatic heterocycles. The number of pyridine rings is 1. The van der Waals surface area contributed by atoms with E-state index >= 15 is 0 Å². The Morgan fingerprint density at radius 3 is 2.72 bits per heavy atom. The predicted octanol–water partition coefficient (Wildman–Crippen LogP) is 1.66. The molecule has 0 aliphatic carbocycles. The highest BCUT2D eigenvalue weighted by Crippen LogP contribution is 2.28. The lowest BCUT2D eigenvalue weighted by Crippen LogP contribution is -2.30. The highest BCUT2D eigenvalue weighted by atomic mass is 19.1. The van der Waals surface area contributed by atoms with Crippen molar-refractivity contribution < 1.29 is 4.39 Å². The molecule has 1 unspecified atom stereocenters. The van der Waals surface area contributed by atoms with Gasteiger partial charge in [0.2, 0.25) is 0 Å². The Hall–Kier alpha value is -1.98. The molecule has 94 valence electrons. The molecule has 1 heterocycles. The zero-order valence-corrected chi connectivity index (χ0v) is 10.0. The van der Waals surface area contributed by atoms with Gasteiger partial charge in [-0.1, -0.05) is 18.2 Å². The van der Waals surface area contributed by atoms with Crippen molar-refractivity contribution in [2.24, 2.45) is 5.84 Å². The summed E-state index contributed by atoms with van der Waals surface area (Å²) in [5.41, 5.74) is 10.6. The number of rotatable bonds is 3. The second-order valence-corrected chi connectivity index (χ2v) is 4.08. The molecule has 2 rings (SSSR count). The summed E-state index contributed by atoms with van der Waals surface area (Å²) in [6, 6.07) is 6.31. The fraction of sp³-hybridized carbons (Fsp3) is 0.154. The lowest BCUT2D eigenvalue weighted by atomic mass is 9.97. The molecule has 5 N–H and O–H groups in total. The molecule has 0 fully saturated rings. The van der Waals surface area contributed by atoms with Gasteiger partial charge < -0.3 is 5.73 Å². The molecule has 18 heavy (non-hydrogen) atoms. The third-order valence-corrected chi connectivity index (χ3v) is 2.90. The van der Waals surface area contributed by atoms with Crippen LogP contribution in [0, 0.1) is 12.7 Å². The molecule has 1 aromatic carbocycles. The molecule has 2 aromatic rings. The van der Waals surface area contributed by atoms with Crippen LogP contribution in [0.15, 0.2) is 36.7 Å². The smallest absolute Gasteiger partial charge is 0.131 e. The van der Waals surface area contributed by atoms with Crippen LogP contribution in [0.2, 0.25) is 0 Å². The van der Waals surface area contributed by atoms with Crippen LogP contribution < -0.4 is 17.0 Å². The predicted molar refractivity (Wildman–Crippen MR) is 69.0 cm³/mol. The van der Waals surface area contributed by atoms with E-state index in [0.29, 0.717) is 22.4 Å². The van der Waals surface area contributed by atoms with Gasteiger partial charge in [-0.2, -0.15) is 0 Å². The largest absolute Gasteiger partial charge is 0.398 e. The Balaban J connectivity index is 2.53. The van der Waals surface area contributed by atoms with Crippen LogP contribution in [0.1, 0.15) is 22.7 Å². The van der Waals surface area contributed by atoms with Gasteiger partial charge in [-0.15, -0.1) is 0 Å². The first kappa shape index (κ1) is 12.5. The number of hydrogen-bond acceptors (Lipinski definition) is 4. The zero-order chi connectivity index (χ0) is 13.1. The van der Waals surface area contributed by atoms with Gasteiger partial charge >= 0.3 is 0 Å². The van der Waals surface area contributed by atoms with Crippen LogP contribution in [0.3, 0.4) is 0 Å². The third kappa shape index (κ3) is 2.18. The number of nitrogen functional groups attached to an aromatic ring is 1. The van der Waals surface area contributed by atoms with Crippen LogP contribution in [0.25, 0.3) is 0 Å². The fourth-order valence-electron chi connectivity index (χ4n) is 1.90. The molecule has 4 nitrogen and oxygen atoms in total. The van der Waals surface area contributed by atoms with Gasteiger partial charge in [-0.05, 0) is 18.6 Å². The van der Waals surface area contributed by atoms with Crippen molar-refractivity contribution >= 4 is 5.69 Å². The maximum Gasteiger partial charge on any atom is 0.131 e. The summed E-state index contributed by atoms with van der Waals surface area (Å²) in [5, 5.41) is 0. The number of anilines is 1. The number of benzene rings is 1. The van der Waals surface area contributed by atoms with Gasteiger partial charge in [0.15, 0.2) is 0 Å². The SMILES string of the molecule is Cc1cccc(C(NN)c2cnccc2N)c1F. The topological polar surface area (TPSA) is 77.0 Å². The molecule has 0 amide bonds. The van der Waals surface area contributed by atoms with E-state index in [1.165, 1.54) is 0 Å². The second kappa shape index (κ2) is 5.12. The van der Waals surface area contributed by atoms with E-state index < -0.39 is 6.04 Å². The summed E-state index contributed by atoms with van der Waals surface area (Å²) in [7, 11) is 0. The number of nitrogens with zero attached hydrogens (tertiary/aromatic N) is 1. The lowest BCUT2D eigenvalue weighted by molar-refractivity contribution is 0.554. The van der Waals surface area contributed by atoms with Gasteiger partial charge in [-0.25, -0.2) is 9.82 Å². The molecule has 0 saturated heterocycles. The molecule has 0 spiro atoms. The maximum atomic E-state index is 14.1. The van der Waals surface area contributed by atoms with Crippen LogP contribution in [0.4, 0.5) is 10.1 Å². The van der Waals surface area contributed by atoms with Gasteiger partial charge in [0.25, 0.3) is 0 Å². The van der Waals surface area contributed by atoms with E-state index in [0.717, 1.165) is 0 Å². The first-order valence-electron chi connectivity index (χ1n) is 5.55. The lowest BCUT2D eigenvalue weighted by Gasteiger charge is -2.19. The number of hydrogen-bond donors (Lipinski definition) is 3. The van der Waals surface area contributed by atoms with Crippen LogP contribution >= 0.6 is 0 Å². The van der Waals surface area contributed by atoms with E-state index in [9.17, 15) is 4.39 Å². The van der Waals surface area contributed by atoms with Gasteiger partial charge in [0.1, 0.15) is 5.82 Å². The number of aromatic nitrogens is 1. The summed E-state index contributed by atoms with van der Waals surface area (Å²) in [6.07, 6.45) is 3.17. The van der Waals surface area contributed by atoms with Crippen LogP contribution in [-0.4, -0.2) is 4.98 Å². The maximum absolute atomic E-state index is 14.1. The van der Waals surface area contributed by atoms with E-state index in [4.69, 9.17) is 11.6 Å². The van der Waals surface area contributed by atoms with Gasteiger partial charge in [-0.3, -0.25) is 10.8 Å². The Labute approximate surface area is 105 Å². The highest BCUT2D eigenvalue weighted by molar-refractivity contribution is 5.50. The minimum Gasteiger partial charge on any atom is -0.398 e. The number of nitrogens with two attached hydrogens (primary N) is 2. The van der Waals surface area contributed by atoms with Crippen molar-refractivity contribution in [3.05, 3.63) is 59.2 Å². The van der Waals surface area contributed by atoms with Crippen molar-refractivity contribution in [3.63, 3.8) is 0 Å². The molecule has 0 radical (unpaired) electrons. The molecule has 0 aliphatic rings. The molecular weight excluding hydrogens is 231 g/mol. The van der Waals surface area contributed by atoms with Crippen LogP contribution in [-0.2, 0) is 0 Å². The summed E-state index contributed by atoms with van der Waals surface area (Å²) in [5.74, 6) is 5.24. The number of halogens is 1. The molecule has 1 atom stereocenters. The Kier molecular flexibility index (Phi) is 3.55. The highest BCUT2D eigenvalue weighted by Gasteiger charge is 2.19. The molecule has 0 saturated carbocycles. The summed E-state index contributed by atoms with van der Waals surface area (Å²) in [4.78, 5) is 3.99. The Morgan fingerprint density at radius 1 is 1.28 bits per heavy atom. The second-order valence-electron chi connectivity index (χ2n) is 4.08. The van der Waals surface area contributed by atoms with Gasteiger partial charge in [0, 0.05) is 29.2 Å². The Morgan fingerprint density at radius 2 is 2.06 bits per heavy atom. The number of nitrogens with one attached hydrogen (secondary N) is 1. The average Bonchev–Trinajstić information content (AvgIpc) is 2.37. The Bertz CT molecular complexity index is 556. The average molecular weight is 246 g/mol. The van der Waals surface area contributed by atoms with Crippen molar-refractivity contribution in [2.45, 2.75) is 13.0 Å². The van der Waals surface area contributed by atoms with E-state index in [2.05, 4.69) is 10.4 Å². The molecule has 5 heteroatoms. The number of aryl methyl sites for hydroxylation is 1. The minimum absolute atomic E-state index is 0.288. The molecule has 1 aromatic heterocycles. The standard InChI is InChI=1S/C13H15FN4/c1-8-3-2-4-9(12(8)14)13(18-16)10-7-17-6-5-11(10)15/h2-7,13,18H,16H2,1H3,(H2,15,17). The molecular formula is C13H15FN4. The van der Waals surface area contributed by atoms with Crippen LogP contribution in [0.5, 0.6) is 0 Å². The monoisotopic (exact) mass is 246 g/mol. The van der Waals surface area contributed by atoms with Crippen molar-refractivity contribution in [2.75, 3.05) is 5.73 Å². The quantitative estimate of drug-likeness (QED) is 0.568. The summed E-state index contributed by atoms with van der Waals surface area (Å²) >= 11 is 0. The van der Waals surface area contributed by atoms with Crippen molar-refractivity contribution in [1.29, 1.82) is 0 Å². The molecule has 0 bridgehead atoms. The van der Waals surface area contributed by atoms with E-state index in [1.807, 2.05) is 0 Å². The normalized spacial score (nSPS) is 12.4. The van der Waals surface area contributed by atoms with E-state index in [1.54, 1.807) is 43.6 Å². The van der Waals surface area contributed by atoms with Gasteiger partial charge in [0.05, 0.1) is 6.04 Å². The van der Waals surface area contributed by atoms with E-state index in [-0.39, 0.29) is 5.82 Å². The summed E-state index contributed by atoms with van der Waals surface area (Å²) < 4.78 is 14.1. The summed E-state index contributed by atoms with van der Waals surface area (Å²) in [6.45, 7) is 1.71. The zero-order valence-electron chi connectivity index (χ0n) is 10.0.